The summed E-state index contributed by atoms with van der Waals surface area (Å²) in [5, 5.41) is 5.18. The fraction of sp³-hybridized carbons (Fsp3) is 0.152. The molecule has 4 aliphatic rings. The lowest BCUT2D eigenvalue weighted by Crippen LogP contribution is -2.54. The number of aromatic nitrogens is 2. The van der Waals surface area contributed by atoms with E-state index in [1.54, 1.807) is 12.1 Å². The number of aromatic amines is 1. The molecule has 1 fully saturated rings. The Kier molecular flexibility index (Phi) is 5.06. The molecule has 41 heavy (non-hydrogen) atoms. The molecule has 1 aromatic heterocycles. The van der Waals surface area contributed by atoms with Crippen LogP contribution < -0.4 is 10.3 Å². The summed E-state index contributed by atoms with van der Waals surface area (Å²) >= 11 is 6.36. The number of rotatable bonds is 4. The lowest BCUT2D eigenvalue weighted by molar-refractivity contribution is -0.122. The van der Waals surface area contributed by atoms with Crippen molar-refractivity contribution in [2.45, 2.75) is 18.3 Å². The van der Waals surface area contributed by atoms with Crippen LogP contribution in [0.5, 0.6) is 0 Å². The first-order valence-corrected chi connectivity index (χ1v) is 13.9. The molecule has 1 saturated heterocycles. The molecule has 2 bridgehead atoms. The number of nitrogens with zero attached hydrogens (tertiary/aromatic N) is 3. The molecule has 2 heterocycles. The number of hydrazone groups is 1. The maximum Gasteiger partial charge on any atom is 0.239 e. The molecule has 2 atom stereocenters. The third kappa shape index (κ3) is 3.21. The summed E-state index contributed by atoms with van der Waals surface area (Å²) in [6.07, 6.45) is 1.81. The smallest absolute Gasteiger partial charge is 0.239 e. The molecule has 2 amide bonds. The number of para-hydroxylation sites is 2. The maximum absolute atomic E-state index is 14.5. The van der Waals surface area contributed by atoms with Crippen molar-refractivity contribution in [3.8, 4) is 0 Å². The molecule has 7 nitrogen and oxygen atoms in total. The van der Waals surface area contributed by atoms with Crippen LogP contribution >= 0.6 is 11.6 Å². The molecule has 8 heteroatoms. The van der Waals surface area contributed by atoms with Crippen LogP contribution in [-0.4, -0.2) is 28.0 Å². The fourth-order valence-corrected chi connectivity index (χ4v) is 7.48. The number of benzene rings is 4. The number of imidazole rings is 1. The van der Waals surface area contributed by atoms with Gasteiger partial charge < -0.3 is 4.98 Å². The summed E-state index contributed by atoms with van der Waals surface area (Å²) in [5.41, 5.74) is 9.22. The van der Waals surface area contributed by atoms with E-state index in [1.807, 2.05) is 67.7 Å². The largest absolute Gasteiger partial charge is 0.323 e. The number of nitrogens with one attached hydrogen (secondary N) is 2. The summed E-state index contributed by atoms with van der Waals surface area (Å²) in [5.74, 6) is -1.46. The van der Waals surface area contributed by atoms with Crippen molar-refractivity contribution < 1.29 is 9.59 Å². The minimum absolute atomic E-state index is 0.206. The molecule has 200 valence electrons. The second-order valence-corrected chi connectivity index (χ2v) is 11.4. The Morgan fingerprint density at radius 3 is 2.34 bits per heavy atom. The average Bonchev–Trinajstić information content (AvgIpc) is 3.53. The number of carbonyl (C=O) groups is 2. The van der Waals surface area contributed by atoms with Gasteiger partial charge in [0.2, 0.25) is 17.8 Å². The van der Waals surface area contributed by atoms with Gasteiger partial charge in [-0.2, -0.15) is 5.10 Å². The van der Waals surface area contributed by atoms with E-state index in [-0.39, 0.29) is 17.7 Å². The summed E-state index contributed by atoms with van der Waals surface area (Å²) in [7, 11) is 0. The maximum atomic E-state index is 14.5. The van der Waals surface area contributed by atoms with E-state index in [4.69, 9.17) is 16.7 Å². The Morgan fingerprint density at radius 2 is 1.61 bits per heavy atom. The minimum atomic E-state index is -0.973. The number of H-pyrrole nitrogens is 1. The monoisotopic (exact) mass is 557 g/mol. The highest BCUT2D eigenvalue weighted by Crippen LogP contribution is 2.63. The van der Waals surface area contributed by atoms with Crippen molar-refractivity contribution in [1.29, 1.82) is 0 Å². The van der Waals surface area contributed by atoms with Gasteiger partial charge in [0.05, 0.1) is 34.0 Å². The molecule has 9 rings (SSSR count). The Morgan fingerprint density at radius 1 is 0.927 bits per heavy atom. The summed E-state index contributed by atoms with van der Waals surface area (Å²) < 4.78 is 0. The first-order valence-electron chi connectivity index (χ1n) is 13.6. The van der Waals surface area contributed by atoms with Crippen LogP contribution in [0.25, 0.3) is 11.0 Å². The normalized spacial score (nSPS) is 24.1. The van der Waals surface area contributed by atoms with E-state index in [0.29, 0.717) is 16.7 Å². The van der Waals surface area contributed by atoms with E-state index in [1.165, 1.54) is 4.90 Å². The third-order valence-corrected chi connectivity index (χ3v) is 9.16. The zero-order valence-electron chi connectivity index (χ0n) is 22.0. The average molecular weight is 558 g/mol. The highest BCUT2D eigenvalue weighted by atomic mass is 35.5. The highest BCUT2D eigenvalue weighted by Gasteiger charge is 2.68. The Hall–Kier alpha value is -4.75. The van der Waals surface area contributed by atoms with Gasteiger partial charge in [-0.1, -0.05) is 78.3 Å². The van der Waals surface area contributed by atoms with E-state index in [0.717, 1.165) is 38.9 Å². The van der Waals surface area contributed by atoms with Crippen LogP contribution in [0.1, 0.15) is 33.7 Å². The Bertz CT molecular complexity index is 1860. The molecule has 2 N–H and O–H groups in total. The van der Waals surface area contributed by atoms with E-state index < -0.39 is 17.3 Å². The van der Waals surface area contributed by atoms with Gasteiger partial charge in [0.25, 0.3) is 0 Å². The van der Waals surface area contributed by atoms with Crippen molar-refractivity contribution in [3.63, 3.8) is 0 Å². The van der Waals surface area contributed by atoms with Crippen molar-refractivity contribution in [1.82, 2.24) is 9.97 Å². The summed E-state index contributed by atoms with van der Waals surface area (Å²) in [6.45, 7) is 1.89. The minimum Gasteiger partial charge on any atom is -0.323 e. The zero-order valence-corrected chi connectivity index (χ0v) is 22.8. The number of carbonyl (C=O) groups excluding carboxylic acids is 2. The molecule has 0 unspecified atom stereocenters. The summed E-state index contributed by atoms with van der Waals surface area (Å²) in [4.78, 5) is 38.1. The molecule has 5 aromatic rings. The van der Waals surface area contributed by atoms with Gasteiger partial charge in [0.1, 0.15) is 0 Å². The SMILES string of the molecule is Cc1ccc(Cl)cc1N1C(=O)[C@H]2C3c4ccccc4C(/C=N\Nc4nc5ccccc5[nH]4)(c4ccccc43)[C@H]2C1=O. The fourth-order valence-electron chi connectivity index (χ4n) is 7.31. The zero-order chi connectivity index (χ0) is 27.9. The number of hydrogen-bond acceptors (Lipinski definition) is 5. The van der Waals surface area contributed by atoms with E-state index in [2.05, 4.69) is 39.7 Å². The van der Waals surface area contributed by atoms with Gasteiger partial charge in [-0.25, -0.2) is 15.3 Å². The first-order chi connectivity index (χ1) is 20.0. The van der Waals surface area contributed by atoms with Crippen molar-refractivity contribution >= 4 is 52.3 Å². The number of aryl methyl sites for hydroxylation is 1. The number of fused-ring (bicyclic) bond motifs is 1. The number of amides is 2. The van der Waals surface area contributed by atoms with E-state index >= 15 is 0 Å². The van der Waals surface area contributed by atoms with Crippen LogP contribution in [0, 0.1) is 18.8 Å². The number of anilines is 2. The van der Waals surface area contributed by atoms with Crippen LogP contribution in [0.4, 0.5) is 11.6 Å². The topological polar surface area (TPSA) is 90.4 Å². The van der Waals surface area contributed by atoms with Crippen LogP contribution in [-0.2, 0) is 15.0 Å². The van der Waals surface area contributed by atoms with Crippen molar-refractivity contribution in [2.24, 2.45) is 16.9 Å². The molecule has 3 aliphatic carbocycles. The predicted octanol–water partition coefficient (Wildman–Crippen LogP) is 6.17. The molecule has 0 spiro atoms. The predicted molar refractivity (Wildman–Crippen MR) is 159 cm³/mol. The standard InChI is InChI=1S/C33H24ClN5O2/c1-18-14-15-19(34)16-26(18)39-30(40)28-27-20-8-2-4-10-22(20)33(29(28)31(39)41,23-11-5-3-9-21(23)27)17-35-38-32-36-24-12-6-7-13-25(24)37-32/h2-17,27-29H,1H3,(H2,36,37,38)/b35-17-/t27?,28-,29+,33?/m0/s1. The lowest BCUT2D eigenvalue weighted by Gasteiger charge is -2.52. The van der Waals surface area contributed by atoms with Crippen LogP contribution in [0.3, 0.4) is 0 Å². The van der Waals surface area contributed by atoms with Crippen molar-refractivity contribution in [3.05, 3.63) is 124 Å². The molecule has 0 saturated carbocycles. The molecular formula is C33H24ClN5O2. The van der Waals surface area contributed by atoms with E-state index in [9.17, 15) is 9.59 Å². The molecular weight excluding hydrogens is 534 g/mol. The third-order valence-electron chi connectivity index (χ3n) is 8.92. The Balaban J connectivity index is 1.33. The second kappa shape index (κ2) is 8.62. The first kappa shape index (κ1) is 24.1. The van der Waals surface area contributed by atoms with Gasteiger partial charge in [-0.15, -0.1) is 0 Å². The number of halogens is 1. The number of hydrogen-bond donors (Lipinski definition) is 2. The van der Waals surface area contributed by atoms with Gasteiger partial charge in [-0.3, -0.25) is 9.59 Å². The molecule has 0 radical (unpaired) electrons. The van der Waals surface area contributed by atoms with Gasteiger partial charge >= 0.3 is 0 Å². The Labute approximate surface area is 240 Å². The summed E-state index contributed by atoms with van der Waals surface area (Å²) in [6, 6.07) is 29.3. The second-order valence-electron chi connectivity index (χ2n) is 10.9. The highest BCUT2D eigenvalue weighted by molar-refractivity contribution is 6.31. The molecule has 1 aliphatic heterocycles. The van der Waals surface area contributed by atoms with Crippen LogP contribution in [0.15, 0.2) is 96.1 Å². The van der Waals surface area contributed by atoms with Crippen molar-refractivity contribution in [2.75, 3.05) is 10.3 Å². The lowest BCUT2D eigenvalue weighted by atomic mass is 9.47. The van der Waals surface area contributed by atoms with Gasteiger partial charge in [0, 0.05) is 17.2 Å². The quantitative estimate of drug-likeness (QED) is 0.157. The van der Waals surface area contributed by atoms with Gasteiger partial charge in [-0.05, 0) is 59.0 Å². The molecule has 4 aromatic carbocycles. The van der Waals surface area contributed by atoms with Gasteiger partial charge in [0.15, 0.2) is 0 Å². The number of imide groups is 1. The van der Waals surface area contributed by atoms with Crippen LogP contribution in [0.2, 0.25) is 5.02 Å².